The van der Waals surface area contributed by atoms with E-state index in [0.29, 0.717) is 24.3 Å². The molecule has 0 aliphatic heterocycles. The normalized spacial score (nSPS) is 22.2. The Hall–Kier alpha value is -1.75. The summed E-state index contributed by atoms with van der Waals surface area (Å²) in [6.45, 7) is 0.651. The number of nitrogens with one attached hydrogen (secondary N) is 1. The van der Waals surface area contributed by atoms with Crippen molar-refractivity contribution < 1.29 is 14.6 Å². The molecule has 2 rings (SSSR count). The monoisotopic (exact) mass is 264 g/mol. The quantitative estimate of drug-likeness (QED) is 0.756. The van der Waals surface area contributed by atoms with E-state index in [2.05, 4.69) is 5.32 Å². The summed E-state index contributed by atoms with van der Waals surface area (Å²) in [5.74, 6) is 0.165. The van der Waals surface area contributed by atoms with Crippen molar-refractivity contribution in [3.63, 3.8) is 0 Å². The van der Waals surface area contributed by atoms with E-state index in [1.54, 1.807) is 25.3 Å². The second-order valence-corrected chi connectivity index (χ2v) is 4.90. The van der Waals surface area contributed by atoms with Crippen molar-refractivity contribution in [1.29, 1.82) is 0 Å². The fourth-order valence-corrected chi connectivity index (χ4v) is 2.66. The highest BCUT2D eigenvalue weighted by molar-refractivity contribution is 5.89. The molecule has 1 aromatic rings. The molecule has 1 saturated carbocycles. The Bertz CT molecular complexity index is 462. The molecule has 0 aromatic heterocycles. The van der Waals surface area contributed by atoms with Gasteiger partial charge in [-0.1, -0.05) is 6.42 Å². The van der Waals surface area contributed by atoms with Crippen LogP contribution in [-0.2, 0) is 0 Å². The van der Waals surface area contributed by atoms with Gasteiger partial charge in [0, 0.05) is 6.04 Å². The van der Waals surface area contributed by atoms with Crippen LogP contribution in [0.5, 0.6) is 5.75 Å². The Kier molecular flexibility index (Phi) is 4.27. The molecule has 0 heterocycles. The standard InChI is InChI=1S/C14H20N2O3/c1-19-13-6-5-9(14(17)18)7-12(13)16-11-4-2-3-10(11)8-15/h5-7,10-11,16H,2-4,8,15H2,1H3,(H,17,18). The van der Waals surface area contributed by atoms with E-state index < -0.39 is 5.97 Å². The van der Waals surface area contributed by atoms with Crippen molar-refractivity contribution in [2.24, 2.45) is 11.7 Å². The zero-order chi connectivity index (χ0) is 13.8. The van der Waals surface area contributed by atoms with E-state index in [9.17, 15) is 4.79 Å². The van der Waals surface area contributed by atoms with E-state index in [4.69, 9.17) is 15.6 Å². The highest BCUT2D eigenvalue weighted by atomic mass is 16.5. The maximum atomic E-state index is 11.0. The second kappa shape index (κ2) is 5.93. The third-order valence-corrected chi connectivity index (χ3v) is 3.75. The molecule has 0 spiro atoms. The van der Waals surface area contributed by atoms with Crippen LogP contribution >= 0.6 is 0 Å². The summed E-state index contributed by atoms with van der Waals surface area (Å²) in [6.07, 6.45) is 3.33. The topological polar surface area (TPSA) is 84.6 Å². The van der Waals surface area contributed by atoms with Crippen molar-refractivity contribution in [3.8, 4) is 5.75 Å². The molecule has 19 heavy (non-hydrogen) atoms. The second-order valence-electron chi connectivity index (χ2n) is 4.90. The van der Waals surface area contributed by atoms with Crippen molar-refractivity contribution in [2.45, 2.75) is 25.3 Å². The molecular weight excluding hydrogens is 244 g/mol. The summed E-state index contributed by atoms with van der Waals surface area (Å²) in [5, 5.41) is 12.4. The third kappa shape index (κ3) is 2.98. The van der Waals surface area contributed by atoms with Crippen molar-refractivity contribution in [2.75, 3.05) is 19.0 Å². The van der Waals surface area contributed by atoms with Crippen molar-refractivity contribution in [1.82, 2.24) is 0 Å². The molecule has 1 aliphatic carbocycles. The minimum atomic E-state index is -0.938. The van der Waals surface area contributed by atoms with Crippen LogP contribution in [0.25, 0.3) is 0 Å². The first-order valence-electron chi connectivity index (χ1n) is 6.53. The fraction of sp³-hybridized carbons (Fsp3) is 0.500. The molecule has 1 fully saturated rings. The fourth-order valence-electron chi connectivity index (χ4n) is 2.66. The van der Waals surface area contributed by atoms with Gasteiger partial charge in [-0.2, -0.15) is 0 Å². The summed E-state index contributed by atoms with van der Waals surface area (Å²) >= 11 is 0. The molecule has 0 radical (unpaired) electrons. The van der Waals surface area contributed by atoms with Crippen LogP contribution in [0.3, 0.4) is 0 Å². The minimum Gasteiger partial charge on any atom is -0.495 e. The van der Waals surface area contributed by atoms with E-state index in [-0.39, 0.29) is 5.56 Å². The lowest BCUT2D eigenvalue weighted by Gasteiger charge is -2.22. The molecule has 0 amide bonds. The zero-order valence-electron chi connectivity index (χ0n) is 11.1. The number of ether oxygens (including phenoxy) is 1. The highest BCUT2D eigenvalue weighted by Crippen LogP contribution is 2.32. The number of nitrogens with two attached hydrogens (primary N) is 1. The van der Waals surface area contributed by atoms with Gasteiger partial charge < -0.3 is 20.9 Å². The first kappa shape index (κ1) is 13.7. The Morgan fingerprint density at radius 2 is 2.32 bits per heavy atom. The molecule has 4 N–H and O–H groups in total. The van der Waals surface area contributed by atoms with Gasteiger partial charge in [0.15, 0.2) is 0 Å². The van der Waals surface area contributed by atoms with Gasteiger partial charge in [0.2, 0.25) is 0 Å². The average molecular weight is 264 g/mol. The number of methoxy groups -OCH3 is 1. The lowest BCUT2D eigenvalue weighted by Crippen LogP contribution is -2.29. The van der Waals surface area contributed by atoms with Crippen LogP contribution < -0.4 is 15.8 Å². The van der Waals surface area contributed by atoms with Gasteiger partial charge >= 0.3 is 5.97 Å². The van der Waals surface area contributed by atoms with E-state index in [0.717, 1.165) is 24.9 Å². The molecule has 5 heteroatoms. The van der Waals surface area contributed by atoms with Crippen LogP contribution in [0.4, 0.5) is 5.69 Å². The predicted octanol–water partition coefficient (Wildman–Crippen LogP) is 1.93. The van der Waals surface area contributed by atoms with E-state index >= 15 is 0 Å². The number of anilines is 1. The lowest BCUT2D eigenvalue weighted by molar-refractivity contribution is 0.0697. The number of benzene rings is 1. The van der Waals surface area contributed by atoms with Gasteiger partial charge in [-0.05, 0) is 43.5 Å². The van der Waals surface area contributed by atoms with Crippen LogP contribution in [-0.4, -0.2) is 30.8 Å². The third-order valence-electron chi connectivity index (χ3n) is 3.75. The lowest BCUT2D eigenvalue weighted by atomic mass is 10.0. The van der Waals surface area contributed by atoms with Crippen LogP contribution in [0, 0.1) is 5.92 Å². The summed E-state index contributed by atoms with van der Waals surface area (Å²) in [5.41, 5.74) is 6.75. The van der Waals surface area contributed by atoms with E-state index in [1.165, 1.54) is 0 Å². The molecule has 1 aliphatic rings. The number of rotatable bonds is 5. The van der Waals surface area contributed by atoms with Gasteiger partial charge in [-0.15, -0.1) is 0 Å². The number of carboxylic acid groups (broad SMARTS) is 1. The predicted molar refractivity (Wildman–Crippen MR) is 73.8 cm³/mol. The van der Waals surface area contributed by atoms with Gasteiger partial charge in [0.05, 0.1) is 18.4 Å². The number of carbonyl (C=O) groups is 1. The first-order valence-corrected chi connectivity index (χ1v) is 6.53. The van der Waals surface area contributed by atoms with Crippen molar-refractivity contribution in [3.05, 3.63) is 23.8 Å². The molecule has 5 nitrogen and oxygen atoms in total. The van der Waals surface area contributed by atoms with Gasteiger partial charge in [0.25, 0.3) is 0 Å². The van der Waals surface area contributed by atoms with Gasteiger partial charge in [-0.3, -0.25) is 0 Å². The molecule has 104 valence electrons. The summed E-state index contributed by atoms with van der Waals surface area (Å²) in [7, 11) is 1.58. The largest absolute Gasteiger partial charge is 0.495 e. The minimum absolute atomic E-state index is 0.255. The van der Waals surface area contributed by atoms with Crippen molar-refractivity contribution >= 4 is 11.7 Å². The molecule has 0 saturated heterocycles. The number of carboxylic acids is 1. The molecular formula is C14H20N2O3. The number of hydrogen-bond donors (Lipinski definition) is 3. The Morgan fingerprint density at radius 1 is 1.53 bits per heavy atom. The first-order chi connectivity index (χ1) is 9.15. The summed E-state index contributed by atoms with van der Waals surface area (Å²) in [4.78, 5) is 11.0. The SMILES string of the molecule is COc1ccc(C(=O)O)cc1NC1CCCC1CN. The van der Waals surface area contributed by atoms with Gasteiger partial charge in [-0.25, -0.2) is 4.79 Å². The van der Waals surface area contributed by atoms with Crippen LogP contribution in [0.15, 0.2) is 18.2 Å². The van der Waals surface area contributed by atoms with E-state index in [1.807, 2.05) is 0 Å². The number of aromatic carboxylic acids is 1. The number of hydrogen-bond acceptors (Lipinski definition) is 4. The van der Waals surface area contributed by atoms with Crippen LogP contribution in [0.1, 0.15) is 29.6 Å². The average Bonchev–Trinajstić information content (AvgIpc) is 2.85. The zero-order valence-corrected chi connectivity index (χ0v) is 11.1. The molecule has 0 bridgehead atoms. The maximum Gasteiger partial charge on any atom is 0.335 e. The summed E-state index contributed by atoms with van der Waals surface area (Å²) in [6, 6.07) is 5.13. The Morgan fingerprint density at radius 3 is 2.95 bits per heavy atom. The Labute approximate surface area is 112 Å². The maximum absolute atomic E-state index is 11.0. The van der Waals surface area contributed by atoms with Crippen LogP contribution in [0.2, 0.25) is 0 Å². The highest BCUT2D eigenvalue weighted by Gasteiger charge is 2.26. The molecule has 2 unspecified atom stereocenters. The molecule has 1 aromatic carbocycles. The molecule has 2 atom stereocenters. The smallest absolute Gasteiger partial charge is 0.335 e. The van der Waals surface area contributed by atoms with Gasteiger partial charge in [0.1, 0.15) is 5.75 Å². The Balaban J connectivity index is 2.22. The summed E-state index contributed by atoms with van der Waals surface area (Å²) < 4.78 is 5.27.